The van der Waals surface area contributed by atoms with Crippen LogP contribution in [0.2, 0.25) is 0 Å². The average molecular weight is 404 g/mol. The summed E-state index contributed by atoms with van der Waals surface area (Å²) in [5.41, 5.74) is 6.45. The van der Waals surface area contributed by atoms with Gasteiger partial charge in [0, 0.05) is 29.9 Å². The van der Waals surface area contributed by atoms with E-state index in [1.165, 1.54) is 18.2 Å². The number of sulfonamides is 1. The van der Waals surface area contributed by atoms with Crippen LogP contribution in [0.4, 0.5) is 5.69 Å². The Morgan fingerprint density at radius 2 is 1.43 bits per heavy atom. The predicted molar refractivity (Wildman–Crippen MR) is 107 cm³/mol. The van der Waals surface area contributed by atoms with Crippen LogP contribution in [0.5, 0.6) is 0 Å². The van der Waals surface area contributed by atoms with E-state index in [0.717, 1.165) is 18.8 Å². The van der Waals surface area contributed by atoms with Crippen LogP contribution >= 0.6 is 0 Å². The Hall–Kier alpha value is -2.91. The summed E-state index contributed by atoms with van der Waals surface area (Å²) in [6.07, 6.45) is 0. The predicted octanol–water partition coefficient (Wildman–Crippen LogP) is 1.56. The van der Waals surface area contributed by atoms with Gasteiger partial charge in [-0.15, -0.1) is 0 Å². The molecule has 150 valence electrons. The van der Waals surface area contributed by atoms with E-state index in [2.05, 4.69) is 15.8 Å². The molecule has 0 saturated heterocycles. The third-order valence-corrected chi connectivity index (χ3v) is 5.36. The highest BCUT2D eigenvalue weighted by atomic mass is 32.2. The van der Waals surface area contributed by atoms with Gasteiger partial charge < -0.3 is 4.90 Å². The Morgan fingerprint density at radius 1 is 0.929 bits per heavy atom. The van der Waals surface area contributed by atoms with Crippen molar-refractivity contribution < 1.29 is 18.0 Å². The lowest BCUT2D eigenvalue weighted by atomic mass is 10.1. The van der Waals surface area contributed by atoms with Gasteiger partial charge in [-0.25, -0.2) is 13.6 Å². The lowest BCUT2D eigenvalue weighted by molar-refractivity contribution is 0.0846. The summed E-state index contributed by atoms with van der Waals surface area (Å²) in [6, 6.07) is 11.1. The van der Waals surface area contributed by atoms with Crippen LogP contribution in [-0.4, -0.2) is 33.3 Å². The van der Waals surface area contributed by atoms with Gasteiger partial charge in [0.25, 0.3) is 11.8 Å². The average Bonchev–Trinajstić information content (AvgIpc) is 2.66. The van der Waals surface area contributed by atoms with Gasteiger partial charge in [-0.1, -0.05) is 6.07 Å². The fourth-order valence-electron chi connectivity index (χ4n) is 2.72. The summed E-state index contributed by atoms with van der Waals surface area (Å²) in [4.78, 5) is 26.5. The fraction of sp³-hybridized carbons (Fsp3) is 0.263. The number of amides is 2. The van der Waals surface area contributed by atoms with Crippen LogP contribution in [0.3, 0.4) is 0 Å². The van der Waals surface area contributed by atoms with Crippen LogP contribution in [0.15, 0.2) is 47.4 Å². The van der Waals surface area contributed by atoms with Crippen LogP contribution in [-0.2, 0) is 10.0 Å². The van der Waals surface area contributed by atoms with E-state index in [4.69, 9.17) is 5.14 Å². The second-order valence-corrected chi connectivity index (χ2v) is 7.68. The second-order valence-electron chi connectivity index (χ2n) is 6.15. The Bertz CT molecular complexity index is 968. The first-order valence-corrected chi connectivity index (χ1v) is 10.3. The fourth-order valence-corrected chi connectivity index (χ4v) is 3.53. The molecule has 0 heterocycles. The molecule has 2 aromatic rings. The number of anilines is 1. The first-order valence-electron chi connectivity index (χ1n) is 8.76. The number of aryl methyl sites for hydroxylation is 1. The van der Waals surface area contributed by atoms with E-state index >= 15 is 0 Å². The first-order chi connectivity index (χ1) is 13.2. The molecule has 0 aliphatic carbocycles. The zero-order valence-electron chi connectivity index (χ0n) is 16.0. The highest BCUT2D eigenvalue weighted by Gasteiger charge is 2.16. The van der Waals surface area contributed by atoms with E-state index in [1.54, 1.807) is 19.1 Å². The number of rotatable bonds is 6. The highest BCUT2D eigenvalue weighted by molar-refractivity contribution is 7.89. The van der Waals surface area contributed by atoms with E-state index in [0.29, 0.717) is 11.1 Å². The number of hydrazine groups is 1. The van der Waals surface area contributed by atoms with Gasteiger partial charge in [-0.3, -0.25) is 20.4 Å². The molecule has 9 heteroatoms. The molecule has 0 aromatic heterocycles. The van der Waals surface area contributed by atoms with Gasteiger partial charge in [0.05, 0.1) is 4.90 Å². The van der Waals surface area contributed by atoms with Crippen LogP contribution in [0.1, 0.15) is 40.1 Å². The SMILES string of the molecule is CCN(CC)c1ccc(C(=O)NNC(=O)c2ccc(C)c(S(N)(=O)=O)c2)cc1. The minimum atomic E-state index is -3.95. The molecule has 8 nitrogen and oxygen atoms in total. The normalized spacial score (nSPS) is 11.0. The number of hydrogen-bond acceptors (Lipinski definition) is 5. The molecule has 4 N–H and O–H groups in total. The van der Waals surface area contributed by atoms with Crippen LogP contribution in [0, 0.1) is 6.92 Å². The van der Waals surface area contributed by atoms with Crippen molar-refractivity contribution in [1.82, 2.24) is 10.9 Å². The zero-order valence-corrected chi connectivity index (χ0v) is 16.8. The van der Waals surface area contributed by atoms with E-state index < -0.39 is 21.8 Å². The molecule has 0 atom stereocenters. The molecule has 0 aliphatic rings. The monoisotopic (exact) mass is 404 g/mol. The van der Waals surface area contributed by atoms with Crippen LogP contribution in [0.25, 0.3) is 0 Å². The van der Waals surface area contributed by atoms with Crippen LogP contribution < -0.4 is 20.9 Å². The minimum Gasteiger partial charge on any atom is -0.372 e. The summed E-state index contributed by atoms with van der Waals surface area (Å²) in [5.74, 6) is -1.14. The second kappa shape index (κ2) is 8.85. The summed E-state index contributed by atoms with van der Waals surface area (Å²) in [5, 5.41) is 5.15. The third kappa shape index (κ3) is 5.08. The standard InChI is InChI=1S/C19H24N4O4S/c1-4-23(5-2)16-10-8-14(9-11-16)18(24)21-22-19(25)15-7-6-13(3)17(12-15)28(20,26)27/h6-12H,4-5H2,1-3H3,(H,21,24)(H,22,25)(H2,20,26,27). The lowest BCUT2D eigenvalue weighted by Crippen LogP contribution is -2.41. The quantitative estimate of drug-likeness (QED) is 0.631. The number of carbonyl (C=O) groups is 2. The van der Waals surface area contributed by atoms with Gasteiger partial charge in [0.2, 0.25) is 10.0 Å². The van der Waals surface area contributed by atoms with Gasteiger partial charge in [0.1, 0.15) is 0 Å². The molecule has 0 fully saturated rings. The number of hydrogen-bond donors (Lipinski definition) is 3. The maximum atomic E-state index is 12.2. The Balaban J connectivity index is 2.06. The number of carbonyl (C=O) groups excluding carboxylic acids is 2. The Morgan fingerprint density at radius 3 is 1.93 bits per heavy atom. The topological polar surface area (TPSA) is 122 Å². The zero-order chi connectivity index (χ0) is 20.9. The molecule has 2 aromatic carbocycles. The molecule has 0 bridgehead atoms. The third-order valence-electron chi connectivity index (χ3n) is 4.30. The summed E-state index contributed by atoms with van der Waals surface area (Å²) >= 11 is 0. The maximum Gasteiger partial charge on any atom is 0.269 e. The molecule has 0 radical (unpaired) electrons. The van der Waals surface area contributed by atoms with Gasteiger partial charge in [0.15, 0.2) is 0 Å². The van der Waals surface area contributed by atoms with Gasteiger partial charge in [-0.05, 0) is 62.7 Å². The van der Waals surface area contributed by atoms with Crippen molar-refractivity contribution >= 4 is 27.5 Å². The molecular formula is C19H24N4O4S. The molecular weight excluding hydrogens is 380 g/mol. The number of nitrogens with two attached hydrogens (primary N) is 1. The molecule has 2 rings (SSSR count). The summed E-state index contributed by atoms with van der Waals surface area (Å²) in [7, 11) is -3.95. The number of benzene rings is 2. The molecule has 2 amide bonds. The molecule has 28 heavy (non-hydrogen) atoms. The molecule has 0 aliphatic heterocycles. The number of primary sulfonamides is 1. The van der Waals surface area contributed by atoms with Crippen molar-refractivity contribution in [1.29, 1.82) is 0 Å². The first kappa shape index (κ1) is 21.4. The van der Waals surface area contributed by atoms with Crippen molar-refractivity contribution in [2.75, 3.05) is 18.0 Å². The van der Waals surface area contributed by atoms with Gasteiger partial charge >= 0.3 is 0 Å². The Labute approximate surface area is 164 Å². The number of nitrogens with zero attached hydrogens (tertiary/aromatic N) is 1. The molecule has 0 spiro atoms. The molecule has 0 unspecified atom stereocenters. The van der Waals surface area contributed by atoms with Crippen molar-refractivity contribution in [2.24, 2.45) is 5.14 Å². The molecule has 0 saturated carbocycles. The van der Waals surface area contributed by atoms with E-state index in [-0.39, 0.29) is 10.5 Å². The largest absolute Gasteiger partial charge is 0.372 e. The summed E-state index contributed by atoms with van der Waals surface area (Å²) in [6.45, 7) is 7.38. The minimum absolute atomic E-state index is 0.0619. The number of nitrogens with one attached hydrogen (secondary N) is 2. The van der Waals surface area contributed by atoms with Crippen molar-refractivity contribution in [3.05, 3.63) is 59.2 Å². The highest BCUT2D eigenvalue weighted by Crippen LogP contribution is 2.16. The van der Waals surface area contributed by atoms with Crippen molar-refractivity contribution in [2.45, 2.75) is 25.7 Å². The maximum absolute atomic E-state index is 12.2. The smallest absolute Gasteiger partial charge is 0.269 e. The van der Waals surface area contributed by atoms with E-state index in [9.17, 15) is 18.0 Å². The van der Waals surface area contributed by atoms with E-state index in [1.807, 2.05) is 26.0 Å². The summed E-state index contributed by atoms with van der Waals surface area (Å²) < 4.78 is 23.1. The lowest BCUT2D eigenvalue weighted by Gasteiger charge is -2.21. The van der Waals surface area contributed by atoms with Crippen molar-refractivity contribution in [3.8, 4) is 0 Å². The van der Waals surface area contributed by atoms with Crippen molar-refractivity contribution in [3.63, 3.8) is 0 Å². The Kier molecular flexibility index (Phi) is 6.76. The van der Waals surface area contributed by atoms with Gasteiger partial charge in [-0.2, -0.15) is 0 Å².